The summed E-state index contributed by atoms with van der Waals surface area (Å²) in [5.74, 6) is 1.66. The second-order valence-corrected chi connectivity index (χ2v) is 4.07. The molecule has 0 saturated heterocycles. The van der Waals surface area contributed by atoms with Gasteiger partial charge in [0.25, 0.3) is 0 Å². The van der Waals surface area contributed by atoms with Crippen molar-refractivity contribution in [2.75, 3.05) is 0 Å². The zero-order chi connectivity index (χ0) is 8.69. The van der Waals surface area contributed by atoms with E-state index >= 15 is 0 Å². The van der Waals surface area contributed by atoms with Crippen molar-refractivity contribution in [2.45, 2.75) is 47.0 Å². The van der Waals surface area contributed by atoms with Crippen LogP contribution in [0.25, 0.3) is 0 Å². The normalized spacial score (nSPS) is 12.2. The molecule has 0 amide bonds. The van der Waals surface area contributed by atoms with Crippen molar-refractivity contribution in [3.63, 3.8) is 0 Å². The molecule has 0 N–H and O–H groups in total. The van der Waals surface area contributed by atoms with Crippen molar-refractivity contribution in [3.8, 4) is 0 Å². The summed E-state index contributed by atoms with van der Waals surface area (Å²) in [4.78, 5) is 0. The summed E-state index contributed by atoms with van der Waals surface area (Å²) in [6.07, 6.45) is 8.45. The Morgan fingerprint density at radius 2 is 1.55 bits per heavy atom. The van der Waals surface area contributed by atoms with Gasteiger partial charge in [-0.2, -0.15) is 0 Å². The van der Waals surface area contributed by atoms with Crippen LogP contribution in [0.2, 0.25) is 0 Å². The summed E-state index contributed by atoms with van der Waals surface area (Å²) in [6, 6.07) is 0. The van der Waals surface area contributed by atoms with E-state index in [1.54, 1.807) is 0 Å². The van der Waals surface area contributed by atoms with Crippen LogP contribution in [0.15, 0.2) is 12.2 Å². The van der Waals surface area contributed by atoms with Gasteiger partial charge in [0, 0.05) is 0 Å². The lowest BCUT2D eigenvalue weighted by Gasteiger charge is -2.00. The zero-order valence-electron chi connectivity index (χ0n) is 8.43. The average Bonchev–Trinajstić information content (AvgIpc) is 1.85. The van der Waals surface area contributed by atoms with Gasteiger partial charge in [-0.05, 0) is 31.1 Å². The molecular formula is C11H22. The van der Waals surface area contributed by atoms with Gasteiger partial charge in [0.1, 0.15) is 0 Å². The highest BCUT2D eigenvalue weighted by molar-refractivity contribution is 4.82. The van der Waals surface area contributed by atoms with E-state index in [0.717, 1.165) is 11.8 Å². The predicted molar refractivity (Wildman–Crippen MR) is 52.7 cm³/mol. The van der Waals surface area contributed by atoms with E-state index in [1.807, 2.05) is 0 Å². The maximum Gasteiger partial charge on any atom is -0.0327 e. The lowest BCUT2D eigenvalue weighted by atomic mass is 10.1. The molecule has 0 spiro atoms. The second kappa shape index (κ2) is 6.45. The summed E-state index contributed by atoms with van der Waals surface area (Å²) >= 11 is 0. The monoisotopic (exact) mass is 154 g/mol. The molecule has 0 nitrogen and oxygen atoms in total. The largest absolute Gasteiger partial charge is 0.0885 e. The highest BCUT2D eigenvalue weighted by Gasteiger charge is 1.90. The zero-order valence-corrected chi connectivity index (χ0v) is 8.43. The highest BCUT2D eigenvalue weighted by atomic mass is 14.0. The highest BCUT2D eigenvalue weighted by Crippen LogP contribution is 2.06. The molecule has 0 aromatic heterocycles. The second-order valence-electron chi connectivity index (χ2n) is 4.07. The minimum absolute atomic E-state index is 0.810. The molecule has 0 heteroatoms. The standard InChI is InChI=1S/C11H22/c1-10(2)8-6-5-7-9-11(3)4/h5-6,10-11H,7-9H2,1-4H3. The molecule has 11 heavy (non-hydrogen) atoms. The van der Waals surface area contributed by atoms with Crippen LogP contribution in [0.1, 0.15) is 47.0 Å². The van der Waals surface area contributed by atoms with Crippen molar-refractivity contribution in [2.24, 2.45) is 11.8 Å². The van der Waals surface area contributed by atoms with Gasteiger partial charge < -0.3 is 0 Å². The smallest absolute Gasteiger partial charge is 0.0327 e. The quantitative estimate of drug-likeness (QED) is 0.524. The Hall–Kier alpha value is -0.260. The third kappa shape index (κ3) is 9.74. The summed E-state index contributed by atoms with van der Waals surface area (Å²) in [6.45, 7) is 9.06. The van der Waals surface area contributed by atoms with Crippen molar-refractivity contribution in [1.29, 1.82) is 0 Å². The first-order valence-corrected chi connectivity index (χ1v) is 4.78. The van der Waals surface area contributed by atoms with Crippen LogP contribution in [0.4, 0.5) is 0 Å². The molecule has 0 aliphatic heterocycles. The molecule has 0 saturated carbocycles. The van der Waals surface area contributed by atoms with Gasteiger partial charge in [0.05, 0.1) is 0 Å². The number of allylic oxidation sites excluding steroid dienone is 2. The molecule has 0 radical (unpaired) electrons. The molecule has 0 aromatic rings. The molecule has 66 valence electrons. The van der Waals surface area contributed by atoms with Gasteiger partial charge in [-0.15, -0.1) is 0 Å². The average molecular weight is 154 g/mol. The van der Waals surface area contributed by atoms with E-state index in [9.17, 15) is 0 Å². The van der Waals surface area contributed by atoms with Crippen molar-refractivity contribution in [3.05, 3.63) is 12.2 Å². The maximum atomic E-state index is 2.32. The lowest BCUT2D eigenvalue weighted by Crippen LogP contribution is -1.85. The summed E-state index contributed by atoms with van der Waals surface area (Å²) < 4.78 is 0. The lowest BCUT2D eigenvalue weighted by molar-refractivity contribution is 0.592. The fraction of sp³-hybridized carbons (Fsp3) is 0.818. The summed E-state index contributed by atoms with van der Waals surface area (Å²) in [7, 11) is 0. The van der Waals surface area contributed by atoms with Crippen molar-refractivity contribution < 1.29 is 0 Å². The van der Waals surface area contributed by atoms with E-state index in [2.05, 4.69) is 39.8 Å². The predicted octanol–water partition coefficient (Wildman–Crippen LogP) is 4.02. The molecular weight excluding hydrogens is 132 g/mol. The number of hydrogen-bond acceptors (Lipinski definition) is 0. The SMILES string of the molecule is CC(C)CC=CCCC(C)C. The molecule has 0 atom stereocenters. The van der Waals surface area contributed by atoms with Crippen LogP contribution in [-0.2, 0) is 0 Å². The van der Waals surface area contributed by atoms with E-state index < -0.39 is 0 Å². The Balaban J connectivity index is 3.17. The van der Waals surface area contributed by atoms with E-state index in [1.165, 1.54) is 19.3 Å². The molecule has 0 heterocycles. The molecule has 0 fully saturated rings. The van der Waals surface area contributed by atoms with E-state index in [-0.39, 0.29) is 0 Å². The molecule has 0 bridgehead atoms. The van der Waals surface area contributed by atoms with Crippen LogP contribution in [0, 0.1) is 11.8 Å². The number of rotatable bonds is 5. The van der Waals surface area contributed by atoms with Gasteiger partial charge >= 0.3 is 0 Å². The molecule has 0 aliphatic rings. The van der Waals surface area contributed by atoms with Crippen LogP contribution in [0.5, 0.6) is 0 Å². The van der Waals surface area contributed by atoms with Gasteiger partial charge in [-0.1, -0.05) is 39.8 Å². The Kier molecular flexibility index (Phi) is 6.30. The van der Waals surface area contributed by atoms with Crippen LogP contribution in [0.3, 0.4) is 0 Å². The summed E-state index contributed by atoms with van der Waals surface area (Å²) in [5.41, 5.74) is 0. The third-order valence-corrected chi connectivity index (χ3v) is 1.68. The minimum Gasteiger partial charge on any atom is -0.0885 e. The molecule has 0 aliphatic carbocycles. The molecule has 0 rings (SSSR count). The molecule has 0 aromatic carbocycles. The van der Waals surface area contributed by atoms with Gasteiger partial charge in [-0.3, -0.25) is 0 Å². The first kappa shape index (κ1) is 10.7. The Labute approximate surface area is 71.7 Å². The Bertz CT molecular complexity index is 98.6. The Morgan fingerprint density at radius 1 is 0.909 bits per heavy atom. The molecule has 0 unspecified atom stereocenters. The van der Waals surface area contributed by atoms with Crippen molar-refractivity contribution >= 4 is 0 Å². The fourth-order valence-corrected chi connectivity index (χ4v) is 0.916. The van der Waals surface area contributed by atoms with Crippen molar-refractivity contribution in [1.82, 2.24) is 0 Å². The maximum absolute atomic E-state index is 2.32. The fourth-order valence-electron chi connectivity index (χ4n) is 0.916. The third-order valence-electron chi connectivity index (χ3n) is 1.68. The minimum atomic E-state index is 0.810. The summed E-state index contributed by atoms with van der Waals surface area (Å²) in [5, 5.41) is 0. The van der Waals surface area contributed by atoms with Gasteiger partial charge in [0.15, 0.2) is 0 Å². The van der Waals surface area contributed by atoms with Crippen LogP contribution < -0.4 is 0 Å². The number of hydrogen-bond donors (Lipinski definition) is 0. The first-order chi connectivity index (χ1) is 5.13. The van der Waals surface area contributed by atoms with E-state index in [0.29, 0.717) is 0 Å². The topological polar surface area (TPSA) is 0 Å². The Morgan fingerprint density at radius 3 is 2.00 bits per heavy atom. The van der Waals surface area contributed by atoms with Gasteiger partial charge in [0.2, 0.25) is 0 Å². The van der Waals surface area contributed by atoms with Crippen LogP contribution in [-0.4, -0.2) is 0 Å². The van der Waals surface area contributed by atoms with Crippen LogP contribution >= 0.6 is 0 Å². The van der Waals surface area contributed by atoms with Gasteiger partial charge in [-0.25, -0.2) is 0 Å². The first-order valence-electron chi connectivity index (χ1n) is 4.78. The van der Waals surface area contributed by atoms with E-state index in [4.69, 9.17) is 0 Å².